The van der Waals surface area contributed by atoms with E-state index in [2.05, 4.69) is 20.1 Å². The lowest BCUT2D eigenvalue weighted by Crippen LogP contribution is -2.14. The topological polar surface area (TPSA) is 64.7 Å². The molecule has 0 fully saturated rings. The Morgan fingerprint density at radius 1 is 1.00 bits per heavy atom. The lowest BCUT2D eigenvalue weighted by Gasteiger charge is -2.11. The van der Waals surface area contributed by atoms with Crippen LogP contribution in [0, 0.1) is 19.7 Å². The molecule has 0 unspecified atom stereocenters. The second-order valence-corrected chi connectivity index (χ2v) is 8.51. The van der Waals surface area contributed by atoms with Crippen molar-refractivity contribution in [2.24, 2.45) is 0 Å². The Morgan fingerprint density at radius 2 is 1.82 bits per heavy atom. The van der Waals surface area contributed by atoms with E-state index in [0.717, 1.165) is 60.7 Å². The summed E-state index contributed by atoms with van der Waals surface area (Å²) in [5.74, 6) is 0.844. The molecule has 0 bridgehead atoms. The summed E-state index contributed by atoms with van der Waals surface area (Å²) >= 11 is 0. The van der Waals surface area contributed by atoms with Gasteiger partial charge < -0.3 is 14.5 Å². The van der Waals surface area contributed by atoms with Crippen molar-refractivity contribution in [1.82, 2.24) is 19.3 Å². The zero-order valence-corrected chi connectivity index (χ0v) is 18.8. The molecular formula is C26H26FN5O. The van der Waals surface area contributed by atoms with Gasteiger partial charge in [-0.1, -0.05) is 24.6 Å². The van der Waals surface area contributed by atoms with Gasteiger partial charge in [0.2, 0.25) is 0 Å². The number of benzene rings is 2. The van der Waals surface area contributed by atoms with Gasteiger partial charge in [-0.15, -0.1) is 10.2 Å². The summed E-state index contributed by atoms with van der Waals surface area (Å²) in [6, 6.07) is 16.4. The van der Waals surface area contributed by atoms with Crippen molar-refractivity contribution in [3.8, 4) is 17.1 Å². The molecule has 1 aliphatic heterocycles. The largest absolute Gasteiger partial charge is 0.319 e. The highest BCUT2D eigenvalue weighted by molar-refractivity contribution is 6.05. The number of amides is 1. The van der Waals surface area contributed by atoms with Gasteiger partial charge >= 0.3 is 0 Å². The van der Waals surface area contributed by atoms with E-state index in [-0.39, 0.29) is 11.6 Å². The van der Waals surface area contributed by atoms with Crippen LogP contribution in [0.4, 0.5) is 10.1 Å². The quantitative estimate of drug-likeness (QED) is 0.455. The highest BCUT2D eigenvalue weighted by Crippen LogP contribution is 2.28. The number of fused-ring (bicyclic) bond motifs is 1. The standard InChI is InChI=1S/C26H26FN5O/c1-17-15-21(18(2)32(17)20-9-5-3-6-10-20)26(33)28-23-16-19(12-13-22(23)27)25-30-29-24-11-7-4-8-14-31(24)25/h3,5-6,9-10,12-13,15-16H,4,7-8,11,14H2,1-2H3,(H,28,33). The number of aryl methyl sites for hydroxylation is 2. The molecule has 2 aromatic carbocycles. The molecule has 2 aromatic heterocycles. The molecule has 0 saturated carbocycles. The molecule has 3 heterocycles. The van der Waals surface area contributed by atoms with Gasteiger partial charge in [0, 0.05) is 35.6 Å². The smallest absolute Gasteiger partial charge is 0.257 e. The van der Waals surface area contributed by atoms with Crippen molar-refractivity contribution in [3.05, 3.63) is 83.2 Å². The number of para-hydroxylation sites is 1. The third-order valence-electron chi connectivity index (χ3n) is 6.27. The minimum Gasteiger partial charge on any atom is -0.319 e. The molecule has 1 amide bonds. The fraction of sp³-hybridized carbons (Fsp3) is 0.269. The zero-order chi connectivity index (χ0) is 22.9. The number of nitrogens with zero attached hydrogens (tertiary/aromatic N) is 4. The molecule has 0 radical (unpaired) electrons. The maximum absolute atomic E-state index is 14.7. The first kappa shape index (κ1) is 21.1. The zero-order valence-electron chi connectivity index (χ0n) is 18.8. The van der Waals surface area contributed by atoms with Crippen LogP contribution in [0.5, 0.6) is 0 Å². The van der Waals surface area contributed by atoms with Crippen LogP contribution in [0.15, 0.2) is 54.6 Å². The van der Waals surface area contributed by atoms with Gasteiger partial charge in [-0.2, -0.15) is 0 Å². The Kier molecular flexibility index (Phi) is 5.54. The summed E-state index contributed by atoms with van der Waals surface area (Å²) in [5.41, 5.74) is 4.10. The highest BCUT2D eigenvalue weighted by atomic mass is 19.1. The lowest BCUT2D eigenvalue weighted by atomic mass is 10.1. The van der Waals surface area contributed by atoms with E-state index in [9.17, 15) is 9.18 Å². The molecule has 6 nitrogen and oxygen atoms in total. The molecule has 7 heteroatoms. The van der Waals surface area contributed by atoms with Gasteiger partial charge in [0.1, 0.15) is 11.6 Å². The predicted octanol–water partition coefficient (Wildman–Crippen LogP) is 5.47. The molecule has 33 heavy (non-hydrogen) atoms. The molecule has 0 spiro atoms. The highest BCUT2D eigenvalue weighted by Gasteiger charge is 2.20. The summed E-state index contributed by atoms with van der Waals surface area (Å²) in [5, 5.41) is 11.5. The van der Waals surface area contributed by atoms with Crippen molar-refractivity contribution in [2.45, 2.75) is 46.1 Å². The van der Waals surface area contributed by atoms with Crippen LogP contribution < -0.4 is 5.32 Å². The van der Waals surface area contributed by atoms with Gasteiger partial charge in [-0.25, -0.2) is 4.39 Å². The maximum atomic E-state index is 14.7. The Hall–Kier alpha value is -3.74. The number of halogens is 1. The van der Waals surface area contributed by atoms with E-state index in [1.54, 1.807) is 12.1 Å². The summed E-state index contributed by atoms with van der Waals surface area (Å²) in [7, 11) is 0. The van der Waals surface area contributed by atoms with Crippen molar-refractivity contribution >= 4 is 11.6 Å². The number of hydrogen-bond donors (Lipinski definition) is 1. The second-order valence-electron chi connectivity index (χ2n) is 8.51. The van der Waals surface area contributed by atoms with Crippen LogP contribution in [0.3, 0.4) is 0 Å². The second kappa shape index (κ2) is 8.65. The van der Waals surface area contributed by atoms with Crippen LogP contribution in [-0.2, 0) is 13.0 Å². The maximum Gasteiger partial charge on any atom is 0.257 e. The van der Waals surface area contributed by atoms with Gasteiger partial charge in [0.15, 0.2) is 5.82 Å². The monoisotopic (exact) mass is 443 g/mol. The fourth-order valence-electron chi connectivity index (χ4n) is 4.62. The number of hydrogen-bond acceptors (Lipinski definition) is 3. The van der Waals surface area contributed by atoms with E-state index in [1.807, 2.05) is 54.8 Å². The summed E-state index contributed by atoms with van der Waals surface area (Å²) in [6.07, 6.45) is 4.23. The van der Waals surface area contributed by atoms with Gasteiger partial charge in [0.25, 0.3) is 5.91 Å². The Bertz CT molecular complexity index is 1320. The summed E-state index contributed by atoms with van der Waals surface area (Å²) < 4.78 is 18.8. The molecule has 4 aromatic rings. The molecule has 5 rings (SSSR count). The van der Waals surface area contributed by atoms with Gasteiger partial charge in [-0.05, 0) is 63.1 Å². The summed E-state index contributed by atoms with van der Waals surface area (Å²) in [4.78, 5) is 13.1. The molecule has 1 N–H and O–H groups in total. The molecule has 0 atom stereocenters. The Labute approximate surface area is 192 Å². The van der Waals surface area contributed by atoms with E-state index in [4.69, 9.17) is 0 Å². The van der Waals surface area contributed by atoms with E-state index in [1.165, 1.54) is 6.07 Å². The van der Waals surface area contributed by atoms with Crippen molar-refractivity contribution in [3.63, 3.8) is 0 Å². The summed E-state index contributed by atoms with van der Waals surface area (Å²) in [6.45, 7) is 4.70. The van der Waals surface area contributed by atoms with Crippen LogP contribution in [0.25, 0.3) is 17.1 Å². The van der Waals surface area contributed by atoms with Crippen molar-refractivity contribution in [1.29, 1.82) is 0 Å². The normalized spacial score (nSPS) is 13.4. The SMILES string of the molecule is Cc1cc(C(=O)Nc2cc(-c3nnc4n3CCCCC4)ccc2F)c(C)n1-c1ccccc1. The molecular weight excluding hydrogens is 417 g/mol. The first-order valence-corrected chi connectivity index (χ1v) is 11.3. The number of carbonyl (C=O) groups excluding carboxylic acids is 1. The number of nitrogens with one attached hydrogen (secondary N) is 1. The van der Waals surface area contributed by atoms with Crippen LogP contribution in [-0.4, -0.2) is 25.2 Å². The average Bonchev–Trinajstić information content (AvgIpc) is 3.26. The molecule has 168 valence electrons. The third-order valence-corrected chi connectivity index (χ3v) is 6.27. The number of carbonyl (C=O) groups is 1. The van der Waals surface area contributed by atoms with Crippen molar-refractivity contribution < 1.29 is 9.18 Å². The number of rotatable bonds is 4. The van der Waals surface area contributed by atoms with Gasteiger partial charge in [-0.3, -0.25) is 4.79 Å². The molecule has 0 aliphatic carbocycles. The minimum atomic E-state index is -0.487. The average molecular weight is 444 g/mol. The van der Waals surface area contributed by atoms with E-state index < -0.39 is 5.82 Å². The van der Waals surface area contributed by atoms with E-state index >= 15 is 0 Å². The fourth-order valence-corrected chi connectivity index (χ4v) is 4.62. The first-order chi connectivity index (χ1) is 16.0. The third kappa shape index (κ3) is 3.95. The van der Waals surface area contributed by atoms with Crippen LogP contribution in [0.1, 0.15) is 46.8 Å². The first-order valence-electron chi connectivity index (χ1n) is 11.3. The predicted molar refractivity (Wildman–Crippen MR) is 126 cm³/mol. The van der Waals surface area contributed by atoms with E-state index in [0.29, 0.717) is 11.4 Å². The van der Waals surface area contributed by atoms with Crippen LogP contribution >= 0.6 is 0 Å². The molecule has 1 aliphatic rings. The lowest BCUT2D eigenvalue weighted by molar-refractivity contribution is 0.102. The number of aromatic nitrogens is 4. The molecule has 0 saturated heterocycles. The number of anilines is 1. The Balaban J connectivity index is 1.45. The van der Waals surface area contributed by atoms with Crippen LogP contribution in [0.2, 0.25) is 0 Å². The van der Waals surface area contributed by atoms with Crippen molar-refractivity contribution in [2.75, 3.05) is 5.32 Å². The van der Waals surface area contributed by atoms with Gasteiger partial charge in [0.05, 0.1) is 11.3 Å². The Morgan fingerprint density at radius 3 is 2.64 bits per heavy atom. The minimum absolute atomic E-state index is 0.132.